The molecule has 11 aromatic rings. The molecule has 324 valence electrons. The maximum atomic E-state index is 6.77. The van der Waals surface area contributed by atoms with E-state index in [0.717, 1.165) is 11.3 Å². The largest absolute Gasteiger partial charge is 0.484 e. The molecule has 0 bridgehead atoms. The summed E-state index contributed by atoms with van der Waals surface area (Å²) in [6.45, 7) is 0. The molecule has 1 heterocycles. The van der Waals surface area contributed by atoms with E-state index in [9.17, 15) is 0 Å². The molecular weight excluding hydrogens is 833 g/mol. The Labute approximate surface area is 403 Å². The highest BCUT2D eigenvalue weighted by atomic mass is 16.5. The Morgan fingerprint density at radius 3 is 1.35 bits per heavy atom. The molecule has 2 atom stereocenters. The molecule has 0 saturated carbocycles. The molecule has 1 nitrogen and oxygen atoms in total. The van der Waals surface area contributed by atoms with Gasteiger partial charge in [-0.2, -0.15) is 0 Å². The summed E-state index contributed by atoms with van der Waals surface area (Å²) in [7, 11) is 0. The van der Waals surface area contributed by atoms with Gasteiger partial charge in [-0.3, -0.25) is 0 Å². The Hall–Kier alpha value is -8.78. The first-order chi connectivity index (χ1) is 34.2. The second-order valence-corrected chi connectivity index (χ2v) is 18.2. The van der Waals surface area contributed by atoms with E-state index in [4.69, 9.17) is 4.74 Å². The second kappa shape index (κ2) is 17.1. The molecule has 69 heavy (non-hydrogen) atoms. The van der Waals surface area contributed by atoms with E-state index in [0.29, 0.717) is 0 Å². The molecular formula is C68H46O. The summed E-state index contributed by atoms with van der Waals surface area (Å²) in [5.41, 5.74) is 18.0. The zero-order valence-electron chi connectivity index (χ0n) is 38.0. The summed E-state index contributed by atoms with van der Waals surface area (Å²) in [5.74, 6) is 1.04. The SMILES string of the molecule is C1=CC2OC(c3ccccc3)=C(c3ccccc3)C2C=C1c1ccc(-c2c3ccc(-c4ccccc4)cc3c(-c3ccc(-c4cccc5ccccc45)cc3)c3ccc(-c4ccccc4)cc23)cc1. The van der Waals surface area contributed by atoms with Gasteiger partial charge in [0.05, 0.1) is 0 Å². The zero-order chi connectivity index (χ0) is 45.7. The van der Waals surface area contributed by atoms with Gasteiger partial charge in [-0.25, -0.2) is 0 Å². The first-order valence-electron chi connectivity index (χ1n) is 24.0. The third-order valence-electron chi connectivity index (χ3n) is 14.2. The lowest BCUT2D eigenvalue weighted by Crippen LogP contribution is -2.17. The van der Waals surface area contributed by atoms with Crippen LogP contribution >= 0.6 is 0 Å². The van der Waals surface area contributed by atoms with Crippen LogP contribution in [0, 0.1) is 5.92 Å². The van der Waals surface area contributed by atoms with E-state index in [1.807, 2.05) is 0 Å². The van der Waals surface area contributed by atoms with Gasteiger partial charge in [-0.15, -0.1) is 0 Å². The monoisotopic (exact) mass is 878 g/mol. The summed E-state index contributed by atoms with van der Waals surface area (Å²) in [5, 5.41) is 7.42. The van der Waals surface area contributed by atoms with Gasteiger partial charge < -0.3 is 4.74 Å². The van der Waals surface area contributed by atoms with Crippen molar-refractivity contribution in [2.45, 2.75) is 6.10 Å². The van der Waals surface area contributed by atoms with Gasteiger partial charge in [0.15, 0.2) is 0 Å². The molecule has 2 unspecified atom stereocenters. The van der Waals surface area contributed by atoms with Gasteiger partial charge in [-0.05, 0) is 123 Å². The third kappa shape index (κ3) is 7.28. The van der Waals surface area contributed by atoms with E-state index in [2.05, 4.69) is 267 Å². The number of allylic oxidation sites excluding steroid dienone is 2. The van der Waals surface area contributed by atoms with Crippen LogP contribution < -0.4 is 0 Å². The number of hydrogen-bond donors (Lipinski definition) is 0. The van der Waals surface area contributed by atoms with Crippen molar-refractivity contribution in [1.29, 1.82) is 0 Å². The highest BCUT2D eigenvalue weighted by molar-refractivity contribution is 6.22. The molecule has 2 aliphatic rings. The average Bonchev–Trinajstić information content (AvgIpc) is 3.82. The van der Waals surface area contributed by atoms with Crippen molar-refractivity contribution in [3.05, 3.63) is 284 Å². The van der Waals surface area contributed by atoms with Crippen molar-refractivity contribution in [2.75, 3.05) is 0 Å². The first kappa shape index (κ1) is 40.5. The predicted octanol–water partition coefficient (Wildman–Crippen LogP) is 18.0. The Morgan fingerprint density at radius 1 is 0.304 bits per heavy atom. The Morgan fingerprint density at radius 2 is 0.768 bits per heavy atom. The Bertz CT molecular complexity index is 3800. The van der Waals surface area contributed by atoms with Gasteiger partial charge in [0.2, 0.25) is 0 Å². The fourth-order valence-corrected chi connectivity index (χ4v) is 10.9. The van der Waals surface area contributed by atoms with Crippen LogP contribution in [0.1, 0.15) is 16.7 Å². The van der Waals surface area contributed by atoms with Crippen LogP contribution in [0.3, 0.4) is 0 Å². The van der Waals surface area contributed by atoms with E-state index >= 15 is 0 Å². The van der Waals surface area contributed by atoms with Crippen molar-refractivity contribution < 1.29 is 4.74 Å². The lowest BCUT2D eigenvalue weighted by Gasteiger charge is -2.22. The van der Waals surface area contributed by atoms with Crippen LogP contribution in [-0.2, 0) is 4.74 Å². The average molecular weight is 879 g/mol. The molecule has 0 spiro atoms. The number of fused-ring (bicyclic) bond motifs is 4. The standard InChI is InChI=1S/C68H46O/c1-5-16-45(17-6-1)54-37-40-60-61(42-54)65(51-32-28-47(29-33-51)56-38-41-64-63(44-56)67(50-21-9-3-10-22-50)68(69-64)53-23-11-4-12-24-53)59-39-36-55(46-18-7-2-8-19-46)43-62(59)66(60)52-34-30-49(31-35-52)58-27-15-25-48-20-13-14-26-57(48)58/h1-44,63-64H. The fraction of sp³-hybridized carbons (Fsp3) is 0.0294. The van der Waals surface area contributed by atoms with Gasteiger partial charge >= 0.3 is 0 Å². The van der Waals surface area contributed by atoms with Crippen molar-refractivity contribution in [1.82, 2.24) is 0 Å². The predicted molar refractivity (Wildman–Crippen MR) is 291 cm³/mol. The quantitative estimate of drug-likeness (QED) is 0.138. The first-order valence-corrected chi connectivity index (χ1v) is 24.0. The minimum atomic E-state index is -0.0660. The van der Waals surface area contributed by atoms with E-state index in [1.165, 1.54) is 110 Å². The maximum Gasteiger partial charge on any atom is 0.132 e. The molecule has 0 N–H and O–H groups in total. The highest BCUT2D eigenvalue weighted by Crippen LogP contribution is 2.49. The van der Waals surface area contributed by atoms with E-state index in [1.54, 1.807) is 0 Å². The Kier molecular flexibility index (Phi) is 10.1. The molecule has 11 aromatic carbocycles. The number of benzene rings is 11. The molecule has 1 heteroatoms. The van der Waals surface area contributed by atoms with E-state index in [-0.39, 0.29) is 12.0 Å². The molecule has 0 amide bonds. The zero-order valence-corrected chi connectivity index (χ0v) is 38.0. The topological polar surface area (TPSA) is 9.23 Å². The van der Waals surface area contributed by atoms with Crippen molar-refractivity contribution in [3.63, 3.8) is 0 Å². The summed E-state index contributed by atoms with van der Waals surface area (Å²) >= 11 is 0. The molecule has 0 radical (unpaired) electrons. The molecule has 1 aliphatic heterocycles. The minimum Gasteiger partial charge on any atom is -0.484 e. The maximum absolute atomic E-state index is 6.77. The molecule has 13 rings (SSSR count). The van der Waals surface area contributed by atoms with Gasteiger partial charge in [0.1, 0.15) is 11.9 Å². The minimum absolute atomic E-state index is 0.0660. The summed E-state index contributed by atoms with van der Waals surface area (Å²) in [4.78, 5) is 0. The molecule has 0 fully saturated rings. The van der Waals surface area contributed by atoms with Gasteiger partial charge in [0, 0.05) is 17.1 Å². The van der Waals surface area contributed by atoms with Crippen molar-refractivity contribution >= 4 is 49.2 Å². The molecule has 0 aromatic heterocycles. The highest BCUT2D eigenvalue weighted by Gasteiger charge is 2.37. The van der Waals surface area contributed by atoms with Crippen molar-refractivity contribution in [2.24, 2.45) is 5.92 Å². The normalized spacial score (nSPS) is 15.3. The Balaban J connectivity index is 0.979. The molecule has 1 aliphatic carbocycles. The lowest BCUT2D eigenvalue weighted by molar-refractivity contribution is 0.214. The fourth-order valence-electron chi connectivity index (χ4n) is 10.9. The lowest BCUT2D eigenvalue weighted by atomic mass is 9.82. The summed E-state index contributed by atoms with van der Waals surface area (Å²) < 4.78 is 6.77. The molecule has 0 saturated heterocycles. The van der Waals surface area contributed by atoms with Crippen molar-refractivity contribution in [3.8, 4) is 55.6 Å². The smallest absolute Gasteiger partial charge is 0.132 e. The van der Waals surface area contributed by atoms with Crippen LogP contribution in [0.4, 0.5) is 0 Å². The summed E-state index contributed by atoms with van der Waals surface area (Å²) in [6, 6.07) is 90.7. The van der Waals surface area contributed by atoms with Crippen LogP contribution in [0.2, 0.25) is 0 Å². The summed E-state index contributed by atoms with van der Waals surface area (Å²) in [6.07, 6.45) is 6.84. The number of hydrogen-bond acceptors (Lipinski definition) is 1. The second-order valence-electron chi connectivity index (χ2n) is 18.2. The van der Waals surface area contributed by atoms with Crippen LogP contribution in [0.5, 0.6) is 0 Å². The number of ether oxygens (including phenoxy) is 1. The number of rotatable bonds is 8. The van der Waals surface area contributed by atoms with Crippen LogP contribution in [-0.4, -0.2) is 6.10 Å². The van der Waals surface area contributed by atoms with Gasteiger partial charge in [0.25, 0.3) is 0 Å². The van der Waals surface area contributed by atoms with Crippen LogP contribution in [0.25, 0.3) is 105 Å². The van der Waals surface area contributed by atoms with Crippen LogP contribution in [0.15, 0.2) is 267 Å². The van der Waals surface area contributed by atoms with E-state index < -0.39 is 0 Å². The van der Waals surface area contributed by atoms with Gasteiger partial charge in [-0.1, -0.05) is 249 Å². The third-order valence-corrected chi connectivity index (χ3v) is 14.2.